The summed E-state index contributed by atoms with van der Waals surface area (Å²) in [7, 11) is 0. The zero-order valence-electron chi connectivity index (χ0n) is 17.0. The summed E-state index contributed by atoms with van der Waals surface area (Å²) in [6, 6.07) is 11.8. The predicted molar refractivity (Wildman–Crippen MR) is 129 cm³/mol. The molecule has 0 N–H and O–H groups in total. The van der Waals surface area contributed by atoms with E-state index in [1.165, 1.54) is 14.8 Å². The Morgan fingerprint density at radius 3 is 2.65 bits per heavy atom. The topological polar surface area (TPSA) is 42.2 Å². The molecule has 31 heavy (non-hydrogen) atoms. The molecule has 0 saturated carbocycles. The van der Waals surface area contributed by atoms with Crippen LogP contribution in [0.1, 0.15) is 33.5 Å². The van der Waals surface area contributed by atoms with Crippen molar-refractivity contribution in [1.82, 2.24) is 15.0 Å². The van der Waals surface area contributed by atoms with Gasteiger partial charge in [0, 0.05) is 39.2 Å². The predicted octanol–water partition coefficient (Wildman–Crippen LogP) is 7.52. The monoisotopic (exact) mass is 489 g/mol. The highest BCUT2D eigenvalue weighted by atomic mass is 35.5. The fourth-order valence-corrected chi connectivity index (χ4v) is 6.12. The van der Waals surface area contributed by atoms with Crippen molar-refractivity contribution in [2.45, 2.75) is 32.2 Å². The molecular weight excluding hydrogens is 469 g/mol. The van der Waals surface area contributed by atoms with Crippen molar-refractivity contribution in [3.05, 3.63) is 66.6 Å². The summed E-state index contributed by atoms with van der Waals surface area (Å²) < 4.78 is 5.57. The van der Waals surface area contributed by atoms with Crippen LogP contribution in [0, 0.1) is 6.92 Å². The number of aromatic nitrogens is 2. The lowest BCUT2D eigenvalue weighted by Gasteiger charge is -2.30. The minimum absolute atomic E-state index is 0.500. The van der Waals surface area contributed by atoms with Crippen molar-refractivity contribution in [1.29, 1.82) is 0 Å². The van der Waals surface area contributed by atoms with E-state index < -0.39 is 0 Å². The third-order valence-electron chi connectivity index (χ3n) is 5.61. The van der Waals surface area contributed by atoms with Crippen LogP contribution >= 0.6 is 45.9 Å². The smallest absolute Gasteiger partial charge is 0.186 e. The fraction of sp³-hybridized carbons (Fsp3) is 0.304. The second-order valence-corrected chi connectivity index (χ2v) is 10.9. The number of likely N-dealkylation sites (tertiary alicyclic amines) is 1. The van der Waals surface area contributed by atoms with Crippen molar-refractivity contribution in [2.24, 2.45) is 0 Å². The Morgan fingerprint density at radius 1 is 1.06 bits per heavy atom. The molecule has 1 aliphatic rings. The molecule has 160 valence electrons. The van der Waals surface area contributed by atoms with E-state index >= 15 is 0 Å². The first-order chi connectivity index (χ1) is 15.0. The third-order valence-corrected chi connectivity index (χ3v) is 8.34. The Kier molecular flexibility index (Phi) is 6.17. The summed E-state index contributed by atoms with van der Waals surface area (Å²) in [6.07, 6.45) is 2.28. The molecule has 0 amide bonds. The molecular formula is C23H21Cl2N3OS2. The quantitative estimate of drug-likeness (QED) is 0.290. The molecule has 0 aliphatic carbocycles. The van der Waals surface area contributed by atoms with Crippen LogP contribution in [0.25, 0.3) is 22.7 Å². The summed E-state index contributed by atoms with van der Waals surface area (Å²) in [4.78, 5) is 10.3. The van der Waals surface area contributed by atoms with Crippen LogP contribution in [0.5, 0.6) is 0 Å². The number of rotatable bonds is 5. The van der Waals surface area contributed by atoms with Gasteiger partial charge >= 0.3 is 0 Å². The van der Waals surface area contributed by atoms with E-state index in [2.05, 4.69) is 34.5 Å². The molecule has 0 spiro atoms. The van der Waals surface area contributed by atoms with Crippen LogP contribution in [0.4, 0.5) is 0 Å². The SMILES string of the molecule is Cc1ccc(CN2CCC(c3nc(-c4cc(-c5ccc(Cl)c(Cl)c5)no4)cs3)CC2)s1. The normalized spacial score (nSPS) is 15.6. The lowest BCUT2D eigenvalue weighted by Crippen LogP contribution is -2.32. The van der Waals surface area contributed by atoms with E-state index in [-0.39, 0.29) is 0 Å². The summed E-state index contributed by atoms with van der Waals surface area (Å²) in [5.41, 5.74) is 2.43. The van der Waals surface area contributed by atoms with Gasteiger partial charge in [-0.1, -0.05) is 34.4 Å². The third kappa shape index (κ3) is 4.73. The van der Waals surface area contributed by atoms with Crippen LogP contribution in [0.15, 0.2) is 46.3 Å². The molecule has 1 fully saturated rings. The van der Waals surface area contributed by atoms with Crippen LogP contribution in [0.3, 0.4) is 0 Å². The second-order valence-electron chi connectivity index (χ2n) is 7.84. The highest BCUT2D eigenvalue weighted by molar-refractivity contribution is 7.11. The van der Waals surface area contributed by atoms with Gasteiger partial charge in [0.05, 0.1) is 15.1 Å². The number of benzene rings is 1. The maximum atomic E-state index is 6.13. The Bertz CT molecular complexity index is 1190. The van der Waals surface area contributed by atoms with Gasteiger partial charge < -0.3 is 4.52 Å². The maximum absolute atomic E-state index is 6.13. The van der Waals surface area contributed by atoms with Gasteiger partial charge in [-0.15, -0.1) is 22.7 Å². The van der Waals surface area contributed by atoms with Gasteiger partial charge in [0.1, 0.15) is 11.4 Å². The van der Waals surface area contributed by atoms with Gasteiger partial charge in [-0.2, -0.15) is 0 Å². The number of thiazole rings is 1. The first-order valence-corrected chi connectivity index (χ1v) is 12.7. The summed E-state index contributed by atoms with van der Waals surface area (Å²) in [5, 5.41) is 8.47. The van der Waals surface area contributed by atoms with E-state index in [0.29, 0.717) is 21.7 Å². The molecule has 0 bridgehead atoms. The number of hydrogen-bond acceptors (Lipinski definition) is 6. The highest BCUT2D eigenvalue weighted by Gasteiger charge is 2.24. The molecule has 0 radical (unpaired) electrons. The largest absolute Gasteiger partial charge is 0.354 e. The average molecular weight is 490 g/mol. The van der Waals surface area contributed by atoms with Gasteiger partial charge in [0.15, 0.2) is 5.76 Å². The molecule has 1 saturated heterocycles. The molecule has 0 atom stereocenters. The lowest BCUT2D eigenvalue weighted by atomic mass is 9.97. The van der Waals surface area contributed by atoms with Crippen molar-refractivity contribution in [2.75, 3.05) is 13.1 Å². The lowest BCUT2D eigenvalue weighted by molar-refractivity contribution is 0.206. The summed E-state index contributed by atoms with van der Waals surface area (Å²) in [5.74, 6) is 1.19. The van der Waals surface area contributed by atoms with Crippen LogP contribution < -0.4 is 0 Å². The Morgan fingerprint density at radius 2 is 1.90 bits per heavy atom. The summed E-state index contributed by atoms with van der Waals surface area (Å²) >= 11 is 15.8. The molecule has 3 aromatic heterocycles. The molecule has 4 heterocycles. The number of halogens is 2. The number of piperidine rings is 1. The number of nitrogens with zero attached hydrogens (tertiary/aromatic N) is 3. The zero-order chi connectivity index (χ0) is 21.4. The minimum Gasteiger partial charge on any atom is -0.354 e. The van der Waals surface area contributed by atoms with Gasteiger partial charge in [-0.25, -0.2) is 4.98 Å². The van der Waals surface area contributed by atoms with Crippen LogP contribution in [0.2, 0.25) is 10.0 Å². The molecule has 1 aromatic carbocycles. The molecule has 0 unspecified atom stereocenters. The number of aryl methyl sites for hydroxylation is 1. The second kappa shape index (κ2) is 9.04. The molecule has 4 aromatic rings. The maximum Gasteiger partial charge on any atom is 0.186 e. The van der Waals surface area contributed by atoms with E-state index in [4.69, 9.17) is 32.7 Å². The van der Waals surface area contributed by atoms with Crippen LogP contribution in [-0.4, -0.2) is 28.1 Å². The van der Waals surface area contributed by atoms with Crippen molar-refractivity contribution < 1.29 is 4.52 Å². The van der Waals surface area contributed by atoms with Crippen molar-refractivity contribution >= 4 is 45.9 Å². The standard InChI is InChI=1S/C23H21Cl2N3OS2/c1-14-2-4-17(31-14)12-28-8-6-15(7-9-28)23-26-21(13-30-23)22-11-20(27-29-22)16-3-5-18(24)19(25)10-16/h2-5,10-11,13,15H,6-9,12H2,1H3. The van der Waals surface area contributed by atoms with Crippen molar-refractivity contribution in [3.8, 4) is 22.7 Å². The highest BCUT2D eigenvalue weighted by Crippen LogP contribution is 2.35. The van der Waals surface area contributed by atoms with Gasteiger partial charge in [-0.05, 0) is 57.1 Å². The number of thiophene rings is 1. The molecule has 1 aliphatic heterocycles. The number of hydrogen-bond donors (Lipinski definition) is 0. The minimum atomic E-state index is 0.500. The fourth-order valence-electron chi connectivity index (χ4n) is 3.90. The van der Waals surface area contributed by atoms with E-state index in [0.717, 1.165) is 49.4 Å². The first-order valence-electron chi connectivity index (χ1n) is 10.2. The van der Waals surface area contributed by atoms with Crippen LogP contribution in [-0.2, 0) is 6.54 Å². The molecule has 5 rings (SSSR count). The Balaban J connectivity index is 1.23. The Hall–Kier alpha value is -1.70. The van der Waals surface area contributed by atoms with Gasteiger partial charge in [0.2, 0.25) is 0 Å². The van der Waals surface area contributed by atoms with E-state index in [1.54, 1.807) is 23.5 Å². The summed E-state index contributed by atoms with van der Waals surface area (Å²) in [6.45, 7) is 5.45. The van der Waals surface area contributed by atoms with E-state index in [1.807, 2.05) is 23.5 Å². The average Bonchev–Trinajstić information content (AvgIpc) is 3.51. The van der Waals surface area contributed by atoms with Gasteiger partial charge in [-0.3, -0.25) is 4.90 Å². The first kappa shape index (κ1) is 21.2. The zero-order valence-corrected chi connectivity index (χ0v) is 20.1. The molecule has 8 heteroatoms. The molecule has 4 nitrogen and oxygen atoms in total. The Labute approximate surface area is 199 Å². The van der Waals surface area contributed by atoms with E-state index in [9.17, 15) is 0 Å². The van der Waals surface area contributed by atoms with Gasteiger partial charge in [0.25, 0.3) is 0 Å². The van der Waals surface area contributed by atoms with Crippen molar-refractivity contribution in [3.63, 3.8) is 0 Å².